The van der Waals surface area contributed by atoms with E-state index in [2.05, 4.69) is 27.2 Å². The predicted octanol–water partition coefficient (Wildman–Crippen LogP) is 6.82. The third-order valence-electron chi connectivity index (χ3n) is 5.02. The molecule has 0 radical (unpaired) electrons. The zero-order valence-electron chi connectivity index (χ0n) is 18.1. The topological polar surface area (TPSA) is 49.8 Å². The van der Waals surface area contributed by atoms with Gasteiger partial charge in [-0.2, -0.15) is 13.2 Å². The minimum Gasteiger partial charge on any atom is -0.382 e. The van der Waals surface area contributed by atoms with Crippen LogP contribution >= 0.6 is 0 Å². The van der Waals surface area contributed by atoms with Crippen molar-refractivity contribution in [3.8, 4) is 11.4 Å². The maximum absolute atomic E-state index is 14.4. The van der Waals surface area contributed by atoms with E-state index in [4.69, 9.17) is 0 Å². The van der Waals surface area contributed by atoms with Crippen LogP contribution in [-0.4, -0.2) is 16.5 Å². The summed E-state index contributed by atoms with van der Waals surface area (Å²) in [6, 6.07) is 9.79. The second-order valence-corrected chi connectivity index (χ2v) is 7.34. The zero-order chi connectivity index (χ0) is 23.5. The molecule has 0 aliphatic rings. The minimum absolute atomic E-state index is 0.0556. The molecule has 0 bridgehead atoms. The lowest BCUT2D eigenvalue weighted by Gasteiger charge is -2.18. The van der Waals surface area contributed by atoms with Crippen molar-refractivity contribution >= 4 is 17.2 Å². The Balaban J connectivity index is 2.03. The van der Waals surface area contributed by atoms with E-state index in [1.54, 1.807) is 26.0 Å². The molecule has 0 amide bonds. The molecular weight excluding hydrogens is 420 g/mol. The summed E-state index contributed by atoms with van der Waals surface area (Å²) >= 11 is 0. The maximum atomic E-state index is 14.4. The highest BCUT2D eigenvalue weighted by atomic mass is 19.4. The highest BCUT2D eigenvalue weighted by Gasteiger charge is 2.34. The van der Waals surface area contributed by atoms with Crippen LogP contribution in [0.1, 0.15) is 35.7 Å². The standard InChI is InChI=1S/C24H24F4N4/c1-5-13-29-21-17(10-8-12-20(21)25)16(4)31-22-14(2)15(3)30-23(32-22)18-9-6-7-11-19(18)24(26,27)28/h6-12,29H,4-5,13H2,1-3H3,(H,30,31,32). The highest BCUT2D eigenvalue weighted by Crippen LogP contribution is 2.37. The number of halogens is 4. The summed E-state index contributed by atoms with van der Waals surface area (Å²) in [4.78, 5) is 8.64. The van der Waals surface area contributed by atoms with Gasteiger partial charge in [0.15, 0.2) is 5.82 Å². The van der Waals surface area contributed by atoms with Crippen LogP contribution < -0.4 is 10.6 Å². The molecule has 32 heavy (non-hydrogen) atoms. The third-order valence-corrected chi connectivity index (χ3v) is 5.02. The van der Waals surface area contributed by atoms with Crippen molar-refractivity contribution < 1.29 is 17.6 Å². The molecule has 0 spiro atoms. The van der Waals surface area contributed by atoms with E-state index >= 15 is 0 Å². The number of hydrogen-bond donors (Lipinski definition) is 2. The first-order chi connectivity index (χ1) is 15.1. The van der Waals surface area contributed by atoms with Crippen LogP contribution in [0.15, 0.2) is 49.0 Å². The SMILES string of the molecule is C=C(Nc1nc(-c2ccccc2C(F)(F)F)nc(C)c1C)c1cccc(F)c1NCCC. The average Bonchev–Trinajstić information content (AvgIpc) is 2.75. The van der Waals surface area contributed by atoms with E-state index < -0.39 is 17.6 Å². The van der Waals surface area contributed by atoms with Gasteiger partial charge in [0.1, 0.15) is 11.6 Å². The first-order valence-corrected chi connectivity index (χ1v) is 10.1. The monoisotopic (exact) mass is 444 g/mol. The Bertz CT molecular complexity index is 1140. The van der Waals surface area contributed by atoms with Gasteiger partial charge in [0.2, 0.25) is 0 Å². The Morgan fingerprint density at radius 2 is 1.75 bits per heavy atom. The largest absolute Gasteiger partial charge is 0.417 e. The summed E-state index contributed by atoms with van der Waals surface area (Å²) in [7, 11) is 0. The molecule has 168 valence electrons. The molecule has 0 saturated heterocycles. The Labute approximate surface area is 184 Å². The van der Waals surface area contributed by atoms with Crippen LogP contribution in [-0.2, 0) is 6.18 Å². The van der Waals surface area contributed by atoms with E-state index in [1.807, 2.05) is 6.92 Å². The molecule has 0 atom stereocenters. The van der Waals surface area contributed by atoms with Crippen LogP contribution in [0.5, 0.6) is 0 Å². The molecule has 3 rings (SSSR count). The van der Waals surface area contributed by atoms with E-state index in [-0.39, 0.29) is 11.4 Å². The molecule has 2 aromatic carbocycles. The Kier molecular flexibility index (Phi) is 6.81. The van der Waals surface area contributed by atoms with Crippen molar-refractivity contribution in [2.75, 3.05) is 17.2 Å². The van der Waals surface area contributed by atoms with Gasteiger partial charge in [-0.1, -0.05) is 43.8 Å². The number of aryl methyl sites for hydroxylation is 1. The number of nitrogens with one attached hydrogen (secondary N) is 2. The van der Waals surface area contributed by atoms with Crippen molar-refractivity contribution in [2.24, 2.45) is 0 Å². The van der Waals surface area contributed by atoms with Gasteiger partial charge in [-0.05, 0) is 32.4 Å². The van der Waals surface area contributed by atoms with Gasteiger partial charge in [-0.15, -0.1) is 0 Å². The smallest absolute Gasteiger partial charge is 0.382 e. The number of hydrogen-bond acceptors (Lipinski definition) is 4. The summed E-state index contributed by atoms with van der Waals surface area (Å²) in [6.45, 7) is 9.99. The summed E-state index contributed by atoms with van der Waals surface area (Å²) in [6.07, 6.45) is -3.74. The van der Waals surface area contributed by atoms with Crippen LogP contribution in [0.2, 0.25) is 0 Å². The number of aromatic nitrogens is 2. The summed E-state index contributed by atoms with van der Waals surface area (Å²) in [5.74, 6) is -0.172. The van der Waals surface area contributed by atoms with Crippen LogP contribution in [0, 0.1) is 19.7 Å². The molecule has 0 aliphatic carbocycles. The van der Waals surface area contributed by atoms with Crippen LogP contribution in [0.3, 0.4) is 0 Å². The molecule has 0 saturated carbocycles. The molecule has 0 unspecified atom stereocenters. The fourth-order valence-electron chi connectivity index (χ4n) is 3.21. The number of alkyl halides is 3. The van der Waals surface area contributed by atoms with Crippen molar-refractivity contribution in [2.45, 2.75) is 33.4 Å². The van der Waals surface area contributed by atoms with Crippen molar-refractivity contribution in [1.29, 1.82) is 0 Å². The number of benzene rings is 2. The van der Waals surface area contributed by atoms with Gasteiger partial charge in [0.05, 0.1) is 11.3 Å². The summed E-state index contributed by atoms with van der Waals surface area (Å²) in [5, 5.41) is 6.10. The van der Waals surface area contributed by atoms with E-state index in [9.17, 15) is 17.6 Å². The van der Waals surface area contributed by atoms with Crippen molar-refractivity contribution in [1.82, 2.24) is 9.97 Å². The van der Waals surface area contributed by atoms with Gasteiger partial charge < -0.3 is 10.6 Å². The van der Waals surface area contributed by atoms with Crippen molar-refractivity contribution in [3.63, 3.8) is 0 Å². The fraction of sp³-hybridized carbons (Fsp3) is 0.250. The lowest BCUT2D eigenvalue weighted by atomic mass is 10.1. The molecule has 1 heterocycles. The van der Waals surface area contributed by atoms with Gasteiger partial charge in [0.25, 0.3) is 0 Å². The summed E-state index contributed by atoms with van der Waals surface area (Å²) < 4.78 is 54.9. The number of para-hydroxylation sites is 1. The Hall–Kier alpha value is -3.42. The van der Waals surface area contributed by atoms with Crippen LogP contribution in [0.25, 0.3) is 17.1 Å². The lowest BCUT2D eigenvalue weighted by Crippen LogP contribution is -2.11. The molecule has 0 aliphatic heterocycles. The fourth-order valence-corrected chi connectivity index (χ4v) is 3.21. The van der Waals surface area contributed by atoms with Gasteiger partial charge in [-0.25, -0.2) is 14.4 Å². The molecule has 2 N–H and O–H groups in total. The summed E-state index contributed by atoms with van der Waals surface area (Å²) in [5.41, 5.74) is 1.41. The zero-order valence-corrected chi connectivity index (χ0v) is 18.1. The number of rotatable bonds is 7. The number of anilines is 2. The van der Waals surface area contributed by atoms with Gasteiger partial charge >= 0.3 is 6.18 Å². The quantitative estimate of drug-likeness (QED) is 0.393. The molecule has 4 nitrogen and oxygen atoms in total. The molecule has 1 aromatic heterocycles. The highest BCUT2D eigenvalue weighted by molar-refractivity contribution is 5.82. The van der Waals surface area contributed by atoms with E-state index in [1.165, 1.54) is 24.3 Å². The molecule has 3 aromatic rings. The third kappa shape index (κ3) is 4.90. The second kappa shape index (κ2) is 9.38. The second-order valence-electron chi connectivity index (χ2n) is 7.34. The Morgan fingerprint density at radius 3 is 2.44 bits per heavy atom. The average molecular weight is 444 g/mol. The lowest BCUT2D eigenvalue weighted by molar-refractivity contribution is -0.137. The van der Waals surface area contributed by atoms with E-state index in [0.717, 1.165) is 12.5 Å². The molecule has 8 heteroatoms. The Morgan fingerprint density at radius 1 is 1.03 bits per heavy atom. The van der Waals surface area contributed by atoms with Crippen LogP contribution in [0.4, 0.5) is 29.1 Å². The predicted molar refractivity (Wildman–Crippen MR) is 120 cm³/mol. The number of nitrogens with zero attached hydrogens (tertiary/aromatic N) is 2. The molecule has 0 fully saturated rings. The van der Waals surface area contributed by atoms with Crippen molar-refractivity contribution in [3.05, 3.63) is 77.2 Å². The van der Waals surface area contributed by atoms with Gasteiger partial charge in [-0.3, -0.25) is 0 Å². The normalized spacial score (nSPS) is 11.3. The maximum Gasteiger partial charge on any atom is 0.417 e. The van der Waals surface area contributed by atoms with Gasteiger partial charge in [0, 0.05) is 34.6 Å². The van der Waals surface area contributed by atoms with E-state index in [0.29, 0.717) is 40.6 Å². The minimum atomic E-state index is -4.54. The first kappa shape index (κ1) is 23.2. The molecular formula is C24H24F4N4. The first-order valence-electron chi connectivity index (χ1n) is 10.1.